The van der Waals surface area contributed by atoms with Gasteiger partial charge in [0.1, 0.15) is 11.5 Å². The van der Waals surface area contributed by atoms with Crippen LogP contribution in [0.15, 0.2) is 39.7 Å². The molecule has 0 radical (unpaired) electrons. The highest BCUT2D eigenvalue weighted by Gasteiger charge is 2.36. The average molecular weight is 581 g/mol. The maximum absolute atomic E-state index is 13.7. The fraction of sp³-hybridized carbons (Fsp3) is 0.440. The van der Waals surface area contributed by atoms with Crippen LogP contribution >= 0.6 is 15.9 Å². The monoisotopic (exact) mass is 579 g/mol. The van der Waals surface area contributed by atoms with Crippen molar-refractivity contribution in [3.63, 3.8) is 0 Å². The van der Waals surface area contributed by atoms with Crippen LogP contribution in [-0.4, -0.2) is 58.4 Å². The molecule has 36 heavy (non-hydrogen) atoms. The number of hydrogen-bond donors (Lipinski definition) is 1. The summed E-state index contributed by atoms with van der Waals surface area (Å²) in [5.74, 6) is 0.219. The molecular formula is C25H30BrN3O6S. The summed E-state index contributed by atoms with van der Waals surface area (Å²) in [6, 6.07) is 8.45. The first-order valence-corrected chi connectivity index (χ1v) is 14.1. The molecule has 2 aliphatic rings. The summed E-state index contributed by atoms with van der Waals surface area (Å²) in [6.45, 7) is 2.71. The van der Waals surface area contributed by atoms with E-state index in [9.17, 15) is 18.0 Å². The lowest BCUT2D eigenvalue weighted by Crippen LogP contribution is -2.43. The molecular weight excluding hydrogens is 550 g/mol. The van der Waals surface area contributed by atoms with Gasteiger partial charge >= 0.3 is 0 Å². The Bertz CT molecular complexity index is 1280. The predicted octanol–water partition coefficient (Wildman–Crippen LogP) is 3.80. The van der Waals surface area contributed by atoms with Crippen molar-refractivity contribution in [1.29, 1.82) is 0 Å². The van der Waals surface area contributed by atoms with Gasteiger partial charge in [0.25, 0.3) is 0 Å². The fourth-order valence-corrected chi connectivity index (χ4v) is 7.28. The first-order chi connectivity index (χ1) is 17.2. The van der Waals surface area contributed by atoms with Gasteiger partial charge in [-0.05, 0) is 65.0 Å². The molecule has 9 nitrogen and oxygen atoms in total. The quantitative estimate of drug-likeness (QED) is 0.534. The number of nitrogens with one attached hydrogen (secondary N) is 1. The lowest BCUT2D eigenvalue weighted by Gasteiger charge is -2.32. The maximum atomic E-state index is 13.7. The van der Waals surface area contributed by atoms with Crippen LogP contribution in [0.2, 0.25) is 0 Å². The average Bonchev–Trinajstić information content (AvgIpc) is 3.30. The number of rotatable bonds is 7. The smallest absolute Gasteiger partial charge is 0.244 e. The van der Waals surface area contributed by atoms with Crippen LogP contribution in [0.3, 0.4) is 0 Å². The topological polar surface area (TPSA) is 105 Å². The zero-order chi connectivity index (χ0) is 26.0. The highest BCUT2D eigenvalue weighted by atomic mass is 79.9. The van der Waals surface area contributed by atoms with Crippen LogP contribution < -0.4 is 19.7 Å². The molecule has 2 amide bonds. The minimum absolute atomic E-state index is 0.0388. The summed E-state index contributed by atoms with van der Waals surface area (Å²) in [5.41, 5.74) is 2.07. The molecule has 11 heteroatoms. The van der Waals surface area contributed by atoms with E-state index in [1.54, 1.807) is 49.3 Å². The third-order valence-corrected chi connectivity index (χ3v) is 9.50. The number of amides is 2. The number of benzene rings is 2. The molecule has 0 unspecified atom stereocenters. The Balaban J connectivity index is 1.55. The summed E-state index contributed by atoms with van der Waals surface area (Å²) in [5, 5.41) is 2.87. The number of halogens is 1. The van der Waals surface area contributed by atoms with Crippen LogP contribution in [0.1, 0.15) is 31.7 Å². The zero-order valence-corrected chi connectivity index (χ0v) is 22.9. The number of anilines is 2. The van der Waals surface area contributed by atoms with E-state index in [1.807, 2.05) is 0 Å². The van der Waals surface area contributed by atoms with Gasteiger partial charge in [-0.1, -0.05) is 6.92 Å². The summed E-state index contributed by atoms with van der Waals surface area (Å²) in [7, 11) is -0.857. The van der Waals surface area contributed by atoms with E-state index >= 15 is 0 Å². The highest BCUT2D eigenvalue weighted by Crippen LogP contribution is 2.38. The molecule has 0 aliphatic carbocycles. The minimum atomic E-state index is -3.90. The Morgan fingerprint density at radius 1 is 1.14 bits per heavy atom. The van der Waals surface area contributed by atoms with Crippen molar-refractivity contribution in [3.8, 4) is 11.5 Å². The number of hydrogen-bond acceptors (Lipinski definition) is 6. The molecule has 0 aromatic heterocycles. The SMILES string of the molecule is CCC(=O)N1CCc2cc(Br)c(S(=O)(=O)N3CCC[C@@H](C(=O)Nc4ccc(OC)cc4OC)C3)cc21. The Morgan fingerprint density at radius 3 is 2.61 bits per heavy atom. The third-order valence-electron chi connectivity index (χ3n) is 6.67. The van der Waals surface area contributed by atoms with Crippen LogP contribution in [0.5, 0.6) is 11.5 Å². The Kier molecular flexibility index (Phi) is 7.91. The number of methoxy groups -OCH3 is 2. The summed E-state index contributed by atoms with van der Waals surface area (Å²) in [4.78, 5) is 27.2. The number of carbonyl (C=O) groups is 2. The van der Waals surface area contributed by atoms with Gasteiger partial charge in [-0.3, -0.25) is 9.59 Å². The Hall–Kier alpha value is -2.63. The molecule has 4 rings (SSSR count). The van der Waals surface area contributed by atoms with Crippen molar-refractivity contribution in [2.45, 2.75) is 37.5 Å². The molecule has 0 bridgehead atoms. The maximum Gasteiger partial charge on any atom is 0.244 e. The lowest BCUT2D eigenvalue weighted by molar-refractivity contribution is -0.121. The summed E-state index contributed by atoms with van der Waals surface area (Å²) >= 11 is 3.43. The number of fused-ring (bicyclic) bond motifs is 1. The van der Waals surface area contributed by atoms with Crippen LogP contribution in [0.25, 0.3) is 0 Å². The van der Waals surface area contributed by atoms with Crippen molar-refractivity contribution in [3.05, 3.63) is 40.4 Å². The van der Waals surface area contributed by atoms with Crippen LogP contribution in [-0.2, 0) is 26.0 Å². The molecule has 1 fully saturated rings. The zero-order valence-electron chi connectivity index (χ0n) is 20.5. The molecule has 2 aromatic carbocycles. The van der Waals surface area contributed by atoms with Gasteiger partial charge in [0.2, 0.25) is 21.8 Å². The van der Waals surface area contributed by atoms with Gasteiger partial charge in [-0.15, -0.1) is 0 Å². The minimum Gasteiger partial charge on any atom is -0.497 e. The highest BCUT2D eigenvalue weighted by molar-refractivity contribution is 9.10. The molecule has 2 aliphatic heterocycles. The summed E-state index contributed by atoms with van der Waals surface area (Å²) < 4.78 is 39.7. The molecule has 1 N–H and O–H groups in total. The molecule has 0 spiro atoms. The first kappa shape index (κ1) is 26.4. The molecule has 1 saturated heterocycles. The number of nitrogens with zero attached hydrogens (tertiary/aromatic N) is 2. The lowest BCUT2D eigenvalue weighted by atomic mass is 9.98. The van der Waals surface area contributed by atoms with E-state index in [0.29, 0.717) is 66.1 Å². The van der Waals surface area contributed by atoms with Crippen molar-refractivity contribution in [2.75, 3.05) is 44.1 Å². The van der Waals surface area contributed by atoms with Crippen molar-refractivity contribution in [2.24, 2.45) is 5.92 Å². The van der Waals surface area contributed by atoms with E-state index < -0.39 is 15.9 Å². The molecule has 2 aromatic rings. The normalized spacial score (nSPS) is 18.0. The third kappa shape index (κ3) is 5.09. The van der Waals surface area contributed by atoms with Gasteiger partial charge in [-0.2, -0.15) is 4.31 Å². The van der Waals surface area contributed by atoms with Crippen molar-refractivity contribution >= 4 is 49.1 Å². The second kappa shape index (κ2) is 10.8. The number of sulfonamides is 1. The predicted molar refractivity (Wildman–Crippen MR) is 140 cm³/mol. The van der Waals surface area contributed by atoms with Gasteiger partial charge in [0, 0.05) is 42.3 Å². The standard InChI is InChI=1S/C25H30BrN3O6S/c1-4-24(30)29-11-9-16-12-19(26)23(14-21(16)29)36(32,33)28-10-5-6-17(15-28)25(31)27-20-8-7-18(34-2)13-22(20)35-3/h7-8,12-14,17H,4-6,9-11,15H2,1-3H3,(H,27,31)/t17-/m1/s1. The fourth-order valence-electron chi connectivity index (χ4n) is 4.69. The molecule has 194 valence electrons. The Labute approximate surface area is 219 Å². The largest absolute Gasteiger partial charge is 0.497 e. The second-order valence-electron chi connectivity index (χ2n) is 8.82. The van der Waals surface area contributed by atoms with Crippen LogP contribution in [0.4, 0.5) is 11.4 Å². The number of carbonyl (C=O) groups excluding carboxylic acids is 2. The van der Waals surface area contributed by atoms with Crippen molar-refractivity contribution in [1.82, 2.24) is 4.31 Å². The molecule has 0 saturated carbocycles. The van der Waals surface area contributed by atoms with Gasteiger partial charge in [0.05, 0.1) is 30.7 Å². The van der Waals surface area contributed by atoms with Gasteiger partial charge in [0.15, 0.2) is 0 Å². The van der Waals surface area contributed by atoms with E-state index in [2.05, 4.69) is 21.2 Å². The van der Waals surface area contributed by atoms with E-state index in [1.165, 1.54) is 11.4 Å². The first-order valence-electron chi connectivity index (χ1n) is 11.9. The second-order valence-corrected chi connectivity index (χ2v) is 11.6. The molecule has 1 atom stereocenters. The van der Waals surface area contributed by atoms with Gasteiger partial charge < -0.3 is 19.7 Å². The van der Waals surface area contributed by atoms with Crippen molar-refractivity contribution < 1.29 is 27.5 Å². The van der Waals surface area contributed by atoms with E-state index in [0.717, 1.165) is 5.56 Å². The molecule has 2 heterocycles. The van der Waals surface area contributed by atoms with E-state index in [4.69, 9.17) is 9.47 Å². The summed E-state index contributed by atoms with van der Waals surface area (Å²) in [6.07, 6.45) is 2.15. The van der Waals surface area contributed by atoms with Gasteiger partial charge in [-0.25, -0.2) is 8.42 Å². The van der Waals surface area contributed by atoms with Crippen LogP contribution in [0, 0.1) is 5.92 Å². The Morgan fingerprint density at radius 2 is 1.92 bits per heavy atom. The number of piperidine rings is 1. The van der Waals surface area contributed by atoms with E-state index in [-0.39, 0.29) is 23.3 Å². The number of ether oxygens (including phenoxy) is 2.